The number of nitrogens with zero attached hydrogens (tertiary/aromatic N) is 3. The van der Waals surface area contributed by atoms with Crippen LogP contribution in [-0.2, 0) is 14.8 Å². The topological polar surface area (TPSA) is 112 Å². The molecule has 2 aromatic rings. The molecule has 1 aromatic heterocycles. The number of sulfonamides is 1. The number of rotatable bonds is 3. The van der Waals surface area contributed by atoms with E-state index in [2.05, 4.69) is 9.97 Å². The lowest BCUT2D eigenvalue weighted by Crippen LogP contribution is -2.43. The summed E-state index contributed by atoms with van der Waals surface area (Å²) in [4.78, 5) is 23.4. The van der Waals surface area contributed by atoms with Crippen LogP contribution in [0.5, 0.6) is 0 Å². The first-order chi connectivity index (χ1) is 10.8. The van der Waals surface area contributed by atoms with Crippen molar-refractivity contribution in [1.82, 2.24) is 14.9 Å². The van der Waals surface area contributed by atoms with Gasteiger partial charge in [-0.2, -0.15) is 0 Å². The van der Waals surface area contributed by atoms with Gasteiger partial charge in [-0.1, -0.05) is 0 Å². The van der Waals surface area contributed by atoms with Crippen LogP contribution >= 0.6 is 0 Å². The number of carbonyl (C=O) groups excluding carboxylic acids is 1. The second-order valence-electron chi connectivity index (χ2n) is 5.87. The molecule has 1 aromatic carbocycles. The summed E-state index contributed by atoms with van der Waals surface area (Å²) in [6.45, 7) is 0.728. The number of aromatic nitrogens is 2. The molecule has 1 atom stereocenters. The first-order valence-electron chi connectivity index (χ1n) is 7.28. The Morgan fingerprint density at radius 2 is 2.17 bits per heavy atom. The molecule has 1 aliphatic rings. The number of aromatic amines is 1. The Kier molecular flexibility index (Phi) is 3.77. The molecule has 0 spiro atoms. The number of nitrogens with one attached hydrogen (secondary N) is 1. The van der Waals surface area contributed by atoms with Gasteiger partial charge in [0.25, 0.3) is 0 Å². The lowest BCUT2D eigenvalue weighted by molar-refractivity contribution is -0.129. The Hall–Kier alpha value is -2.13. The summed E-state index contributed by atoms with van der Waals surface area (Å²) in [5.41, 5.74) is 1.21. The van der Waals surface area contributed by atoms with E-state index in [4.69, 9.17) is 5.14 Å². The van der Waals surface area contributed by atoms with E-state index in [0.717, 1.165) is 19.4 Å². The SMILES string of the molecule is CN(C)C(=O)C1CCCN1c1nc2ccc(S(N)(=O)=O)cc2[nH]1. The van der Waals surface area contributed by atoms with E-state index < -0.39 is 10.0 Å². The quantitative estimate of drug-likeness (QED) is 0.835. The molecule has 23 heavy (non-hydrogen) atoms. The number of anilines is 1. The molecule has 124 valence electrons. The van der Waals surface area contributed by atoms with Gasteiger partial charge >= 0.3 is 0 Å². The van der Waals surface area contributed by atoms with Gasteiger partial charge < -0.3 is 14.8 Å². The van der Waals surface area contributed by atoms with Crippen LogP contribution in [0.4, 0.5) is 5.95 Å². The fourth-order valence-electron chi connectivity index (χ4n) is 2.86. The van der Waals surface area contributed by atoms with Crippen molar-refractivity contribution in [2.24, 2.45) is 5.14 Å². The number of H-pyrrole nitrogens is 1. The number of carbonyl (C=O) groups is 1. The standard InChI is InChI=1S/C14H19N5O3S/c1-18(2)13(20)12-4-3-7-19(12)14-16-10-6-5-9(23(15,21)22)8-11(10)17-14/h5-6,8,12H,3-4,7H2,1-2H3,(H,16,17)(H2,15,21,22). The minimum absolute atomic E-state index is 0.0301. The van der Waals surface area contributed by atoms with E-state index in [-0.39, 0.29) is 16.8 Å². The highest BCUT2D eigenvalue weighted by molar-refractivity contribution is 7.89. The summed E-state index contributed by atoms with van der Waals surface area (Å²) in [6, 6.07) is 4.24. The van der Waals surface area contributed by atoms with Crippen molar-refractivity contribution < 1.29 is 13.2 Å². The fourth-order valence-corrected chi connectivity index (χ4v) is 3.40. The smallest absolute Gasteiger partial charge is 0.244 e. The molecule has 8 nitrogen and oxygen atoms in total. The number of nitrogens with two attached hydrogens (primary N) is 1. The molecule has 1 aliphatic heterocycles. The Bertz CT molecular complexity index is 858. The number of hydrogen-bond acceptors (Lipinski definition) is 5. The highest BCUT2D eigenvalue weighted by Crippen LogP contribution is 2.27. The van der Waals surface area contributed by atoms with E-state index in [9.17, 15) is 13.2 Å². The number of benzene rings is 1. The first kappa shape index (κ1) is 15.8. The number of fused-ring (bicyclic) bond motifs is 1. The molecule has 0 radical (unpaired) electrons. The Labute approximate surface area is 134 Å². The van der Waals surface area contributed by atoms with Gasteiger partial charge in [-0.25, -0.2) is 18.5 Å². The van der Waals surface area contributed by atoms with Gasteiger partial charge in [-0.3, -0.25) is 4.79 Å². The number of primary sulfonamides is 1. The van der Waals surface area contributed by atoms with Gasteiger partial charge in [0.15, 0.2) is 0 Å². The third kappa shape index (κ3) is 2.89. The van der Waals surface area contributed by atoms with Gasteiger partial charge in [0.1, 0.15) is 6.04 Å². The lowest BCUT2D eigenvalue weighted by Gasteiger charge is -2.25. The predicted molar refractivity (Wildman–Crippen MR) is 86.5 cm³/mol. The maximum absolute atomic E-state index is 12.3. The minimum Gasteiger partial charge on any atom is -0.347 e. The number of amides is 1. The van der Waals surface area contributed by atoms with Gasteiger partial charge in [0.05, 0.1) is 15.9 Å². The second-order valence-corrected chi connectivity index (χ2v) is 7.43. The molecular weight excluding hydrogens is 318 g/mol. The maximum atomic E-state index is 12.3. The van der Waals surface area contributed by atoms with Crippen molar-refractivity contribution in [3.63, 3.8) is 0 Å². The summed E-state index contributed by atoms with van der Waals surface area (Å²) in [6.07, 6.45) is 1.68. The van der Waals surface area contributed by atoms with E-state index in [1.165, 1.54) is 12.1 Å². The van der Waals surface area contributed by atoms with E-state index in [1.54, 1.807) is 25.1 Å². The second kappa shape index (κ2) is 5.50. The normalized spacial score (nSPS) is 18.6. The number of imidazole rings is 1. The number of likely N-dealkylation sites (N-methyl/N-ethyl adjacent to an activating group) is 1. The van der Waals surface area contributed by atoms with Gasteiger partial charge in [-0.05, 0) is 31.0 Å². The lowest BCUT2D eigenvalue weighted by atomic mass is 10.2. The monoisotopic (exact) mass is 337 g/mol. The molecule has 1 saturated heterocycles. The van der Waals surface area contributed by atoms with Crippen LogP contribution < -0.4 is 10.0 Å². The summed E-state index contributed by atoms with van der Waals surface area (Å²) in [5, 5.41) is 5.15. The molecule has 0 saturated carbocycles. The average molecular weight is 337 g/mol. The zero-order valence-electron chi connectivity index (χ0n) is 13.0. The molecule has 0 aliphatic carbocycles. The zero-order valence-corrected chi connectivity index (χ0v) is 13.8. The van der Waals surface area contributed by atoms with Crippen molar-refractivity contribution >= 4 is 32.9 Å². The van der Waals surface area contributed by atoms with Gasteiger partial charge in [-0.15, -0.1) is 0 Å². The predicted octanol–water partition coefficient (Wildman–Crippen LogP) is 0.267. The van der Waals surface area contributed by atoms with E-state index >= 15 is 0 Å². The third-order valence-corrected chi connectivity index (χ3v) is 4.93. The molecule has 3 N–H and O–H groups in total. The molecule has 1 fully saturated rings. The molecule has 1 amide bonds. The fraction of sp³-hybridized carbons (Fsp3) is 0.429. The summed E-state index contributed by atoms with van der Waals surface area (Å²) in [7, 11) is -0.298. The van der Waals surface area contributed by atoms with Crippen LogP contribution in [0.2, 0.25) is 0 Å². The van der Waals surface area contributed by atoms with Crippen molar-refractivity contribution in [3.05, 3.63) is 18.2 Å². The van der Waals surface area contributed by atoms with Crippen LogP contribution in [0, 0.1) is 0 Å². The van der Waals surface area contributed by atoms with Crippen LogP contribution in [-0.4, -0.2) is 55.9 Å². The summed E-state index contributed by atoms with van der Waals surface area (Å²) in [5.74, 6) is 0.609. The third-order valence-electron chi connectivity index (χ3n) is 4.02. The highest BCUT2D eigenvalue weighted by atomic mass is 32.2. The van der Waals surface area contributed by atoms with E-state index in [1.807, 2.05) is 4.90 Å². The van der Waals surface area contributed by atoms with Crippen LogP contribution in [0.15, 0.2) is 23.1 Å². The van der Waals surface area contributed by atoms with Crippen molar-refractivity contribution in [2.75, 3.05) is 25.5 Å². The molecule has 3 rings (SSSR count). The Balaban J connectivity index is 1.98. The van der Waals surface area contributed by atoms with Gasteiger partial charge in [0, 0.05) is 20.6 Å². The van der Waals surface area contributed by atoms with Gasteiger partial charge in [0.2, 0.25) is 21.9 Å². The van der Waals surface area contributed by atoms with Crippen LogP contribution in [0.1, 0.15) is 12.8 Å². The minimum atomic E-state index is -3.76. The molecule has 9 heteroatoms. The average Bonchev–Trinajstić information content (AvgIpc) is 3.10. The largest absolute Gasteiger partial charge is 0.347 e. The van der Waals surface area contributed by atoms with Crippen molar-refractivity contribution in [1.29, 1.82) is 0 Å². The maximum Gasteiger partial charge on any atom is 0.244 e. The van der Waals surface area contributed by atoms with E-state index in [0.29, 0.717) is 17.0 Å². The van der Waals surface area contributed by atoms with Crippen molar-refractivity contribution in [2.45, 2.75) is 23.8 Å². The highest BCUT2D eigenvalue weighted by Gasteiger charge is 2.33. The first-order valence-corrected chi connectivity index (χ1v) is 8.82. The van der Waals surface area contributed by atoms with Crippen LogP contribution in [0.25, 0.3) is 11.0 Å². The van der Waals surface area contributed by atoms with Crippen LogP contribution in [0.3, 0.4) is 0 Å². The Morgan fingerprint density at radius 1 is 1.43 bits per heavy atom. The molecular formula is C14H19N5O3S. The number of hydrogen-bond donors (Lipinski definition) is 2. The Morgan fingerprint density at radius 3 is 2.83 bits per heavy atom. The summed E-state index contributed by atoms with van der Waals surface area (Å²) < 4.78 is 22.9. The summed E-state index contributed by atoms with van der Waals surface area (Å²) >= 11 is 0. The van der Waals surface area contributed by atoms with Crippen molar-refractivity contribution in [3.8, 4) is 0 Å². The zero-order chi connectivity index (χ0) is 16.8. The molecule has 1 unspecified atom stereocenters. The molecule has 2 heterocycles. The molecule has 0 bridgehead atoms.